The molecular formula is C9H19NaO5S. The molecule has 0 saturated heterocycles. The van der Waals surface area contributed by atoms with Crippen LogP contribution in [0.1, 0.15) is 20.3 Å². The summed E-state index contributed by atoms with van der Waals surface area (Å²) in [5.41, 5.74) is 0. The van der Waals surface area contributed by atoms with Gasteiger partial charge in [-0.1, -0.05) is 13.0 Å². The van der Waals surface area contributed by atoms with E-state index in [-0.39, 0.29) is 29.6 Å². The Balaban J connectivity index is -0.000000200. The third-order valence-electron chi connectivity index (χ3n) is 1.03. The topological polar surface area (TPSA) is 86.7 Å². The van der Waals surface area contributed by atoms with Crippen molar-refractivity contribution in [2.45, 2.75) is 26.4 Å². The molecular weight excluding hydrogens is 243 g/mol. The fourth-order valence-electron chi connectivity index (χ4n) is 0.606. The summed E-state index contributed by atoms with van der Waals surface area (Å²) >= 11 is 0. The molecule has 0 aliphatic heterocycles. The van der Waals surface area contributed by atoms with Gasteiger partial charge >= 0.3 is 29.6 Å². The molecule has 0 radical (unpaired) electrons. The summed E-state index contributed by atoms with van der Waals surface area (Å²) in [5.74, 6) is -0.701. The average Bonchev–Trinajstić information content (AvgIpc) is 2.01. The van der Waals surface area contributed by atoms with Gasteiger partial charge in [0.25, 0.3) is 0 Å². The van der Waals surface area contributed by atoms with Gasteiger partial charge in [0.2, 0.25) is 0 Å². The van der Waals surface area contributed by atoms with E-state index < -0.39 is 22.0 Å². The van der Waals surface area contributed by atoms with Gasteiger partial charge in [-0.2, -0.15) is 0 Å². The monoisotopic (exact) mass is 262 g/mol. The predicted molar refractivity (Wildman–Crippen MR) is 57.6 cm³/mol. The SMILES string of the molecule is C=CCOCCC.CC(O)CS(=O)(=O)[O-].[Na+]. The van der Waals surface area contributed by atoms with E-state index in [0.717, 1.165) is 13.0 Å². The van der Waals surface area contributed by atoms with Crippen molar-refractivity contribution >= 4 is 10.1 Å². The maximum absolute atomic E-state index is 9.73. The number of aliphatic hydroxyl groups excluding tert-OH is 1. The van der Waals surface area contributed by atoms with Gasteiger partial charge in [-0.25, -0.2) is 8.42 Å². The van der Waals surface area contributed by atoms with Crippen molar-refractivity contribution in [2.75, 3.05) is 19.0 Å². The van der Waals surface area contributed by atoms with Crippen LogP contribution in [0.25, 0.3) is 0 Å². The molecule has 1 atom stereocenters. The summed E-state index contributed by atoms with van der Waals surface area (Å²) in [7, 11) is -4.22. The molecule has 0 spiro atoms. The van der Waals surface area contributed by atoms with E-state index in [9.17, 15) is 13.0 Å². The normalized spacial score (nSPS) is 11.8. The summed E-state index contributed by atoms with van der Waals surface area (Å²) in [6.07, 6.45) is 1.79. The van der Waals surface area contributed by atoms with E-state index in [1.165, 1.54) is 6.92 Å². The largest absolute Gasteiger partial charge is 1.00 e. The zero-order chi connectivity index (χ0) is 12.3. The Morgan fingerprint density at radius 3 is 2.25 bits per heavy atom. The maximum Gasteiger partial charge on any atom is 1.00 e. The summed E-state index contributed by atoms with van der Waals surface area (Å²) in [4.78, 5) is 0. The number of aliphatic hydroxyl groups is 1. The molecule has 0 amide bonds. The molecule has 7 heteroatoms. The molecule has 0 saturated carbocycles. The summed E-state index contributed by atoms with van der Waals surface area (Å²) < 4.78 is 34.2. The number of rotatable bonds is 6. The number of hydrogen-bond acceptors (Lipinski definition) is 5. The molecule has 0 aliphatic carbocycles. The first kappa shape index (κ1) is 21.8. The van der Waals surface area contributed by atoms with Crippen molar-refractivity contribution in [2.24, 2.45) is 0 Å². The molecule has 0 bridgehead atoms. The summed E-state index contributed by atoms with van der Waals surface area (Å²) in [5, 5.41) is 8.31. The van der Waals surface area contributed by atoms with E-state index in [1.807, 2.05) is 0 Å². The van der Waals surface area contributed by atoms with Gasteiger partial charge in [-0.3, -0.25) is 0 Å². The summed E-state index contributed by atoms with van der Waals surface area (Å²) in [6, 6.07) is 0. The van der Waals surface area contributed by atoms with E-state index in [0.29, 0.717) is 6.61 Å². The Hall–Kier alpha value is 0.570. The van der Waals surface area contributed by atoms with Gasteiger partial charge in [0, 0.05) is 6.61 Å². The Morgan fingerprint density at radius 1 is 1.56 bits per heavy atom. The van der Waals surface area contributed by atoms with Crippen LogP contribution in [-0.2, 0) is 14.9 Å². The predicted octanol–water partition coefficient (Wildman–Crippen LogP) is -2.48. The van der Waals surface area contributed by atoms with Crippen LogP contribution in [0.15, 0.2) is 12.7 Å². The Bertz CT molecular complexity index is 238. The van der Waals surface area contributed by atoms with E-state index in [1.54, 1.807) is 6.08 Å². The van der Waals surface area contributed by atoms with Crippen molar-refractivity contribution in [3.8, 4) is 0 Å². The molecule has 5 nitrogen and oxygen atoms in total. The Labute approximate surface area is 120 Å². The Kier molecular flexibility index (Phi) is 18.6. The maximum atomic E-state index is 9.73. The standard InChI is InChI=1S/C6H12O.C3H8O4S.Na/c1-3-5-7-6-4-2;1-3(4)2-8(5,6)7;/h3H,1,4-6H2,2H3;3-4H,2H2,1H3,(H,5,6,7);/q;;+1/p-1. The van der Waals surface area contributed by atoms with Crippen LogP contribution in [0.5, 0.6) is 0 Å². The van der Waals surface area contributed by atoms with Crippen LogP contribution in [0.2, 0.25) is 0 Å². The van der Waals surface area contributed by atoms with Gasteiger partial charge in [-0.05, 0) is 13.3 Å². The van der Waals surface area contributed by atoms with Gasteiger partial charge < -0.3 is 14.4 Å². The van der Waals surface area contributed by atoms with Crippen molar-refractivity contribution < 1.29 is 52.4 Å². The van der Waals surface area contributed by atoms with Crippen molar-refractivity contribution in [1.82, 2.24) is 0 Å². The van der Waals surface area contributed by atoms with Crippen molar-refractivity contribution in [1.29, 1.82) is 0 Å². The molecule has 1 N–H and O–H groups in total. The minimum atomic E-state index is -4.22. The molecule has 16 heavy (non-hydrogen) atoms. The Morgan fingerprint density at radius 2 is 2.06 bits per heavy atom. The van der Waals surface area contributed by atoms with E-state index >= 15 is 0 Å². The first-order valence-corrected chi connectivity index (χ1v) is 6.21. The smallest absolute Gasteiger partial charge is 0.748 e. The average molecular weight is 262 g/mol. The van der Waals surface area contributed by atoms with Gasteiger partial charge in [0.05, 0.1) is 28.6 Å². The molecule has 0 rings (SSSR count). The van der Waals surface area contributed by atoms with Crippen LogP contribution in [0.4, 0.5) is 0 Å². The second kappa shape index (κ2) is 13.6. The zero-order valence-electron chi connectivity index (χ0n) is 10.2. The molecule has 0 aromatic carbocycles. The van der Waals surface area contributed by atoms with Crippen molar-refractivity contribution in [3.63, 3.8) is 0 Å². The molecule has 0 heterocycles. The fraction of sp³-hybridized carbons (Fsp3) is 0.778. The third kappa shape index (κ3) is 29.3. The van der Waals surface area contributed by atoms with E-state index in [4.69, 9.17) is 9.84 Å². The van der Waals surface area contributed by atoms with E-state index in [2.05, 4.69) is 13.5 Å². The molecule has 92 valence electrons. The van der Waals surface area contributed by atoms with Gasteiger partial charge in [0.1, 0.15) is 0 Å². The molecule has 0 fully saturated rings. The fourth-order valence-corrected chi connectivity index (χ4v) is 1.20. The zero-order valence-corrected chi connectivity index (χ0v) is 13.0. The first-order chi connectivity index (χ1) is 6.83. The number of ether oxygens (including phenoxy) is 1. The number of hydrogen-bond donors (Lipinski definition) is 1. The molecule has 0 aromatic heterocycles. The van der Waals surface area contributed by atoms with Crippen LogP contribution in [0.3, 0.4) is 0 Å². The minimum Gasteiger partial charge on any atom is -0.748 e. The quantitative estimate of drug-likeness (QED) is 0.248. The van der Waals surface area contributed by atoms with Gasteiger partial charge in [0.15, 0.2) is 0 Å². The molecule has 0 aliphatic rings. The third-order valence-corrected chi connectivity index (χ3v) is 1.92. The first-order valence-electron chi connectivity index (χ1n) is 4.63. The second-order valence-electron chi connectivity index (χ2n) is 2.94. The second-order valence-corrected chi connectivity index (χ2v) is 4.39. The minimum absolute atomic E-state index is 0. The van der Waals surface area contributed by atoms with Crippen LogP contribution in [0, 0.1) is 0 Å². The van der Waals surface area contributed by atoms with Crippen LogP contribution < -0.4 is 29.6 Å². The summed E-state index contributed by atoms with van der Waals surface area (Å²) in [6.45, 7) is 8.38. The van der Waals surface area contributed by atoms with Gasteiger partial charge in [-0.15, -0.1) is 6.58 Å². The van der Waals surface area contributed by atoms with Crippen LogP contribution in [-0.4, -0.2) is 43.1 Å². The van der Waals surface area contributed by atoms with Crippen molar-refractivity contribution in [3.05, 3.63) is 12.7 Å². The molecule has 1 unspecified atom stereocenters. The van der Waals surface area contributed by atoms with Crippen LogP contribution >= 0.6 is 0 Å². The molecule has 0 aromatic rings.